The van der Waals surface area contributed by atoms with Crippen LogP contribution in [0.3, 0.4) is 0 Å². The second kappa shape index (κ2) is 2.68. The molecule has 1 heteroatoms. The van der Waals surface area contributed by atoms with Crippen LogP contribution in [0.4, 0.5) is 0 Å². The molecular weight excluding hydrogens is 100 g/mol. The van der Waals surface area contributed by atoms with Crippen molar-refractivity contribution in [2.24, 2.45) is 0 Å². The highest BCUT2D eigenvalue weighted by Gasteiger charge is 2.01. The zero-order chi connectivity index (χ0) is 5.82. The molecule has 0 N–H and O–H groups in total. The largest absolute Gasteiger partial charge is 0.370 e. The SMILES string of the molecule is CO[C]1C=CC=[C]C1. The Kier molecular flexibility index (Phi) is 1.86. The Labute approximate surface area is 49.7 Å². The summed E-state index contributed by atoms with van der Waals surface area (Å²) in [6, 6.07) is 0. The normalized spacial score (nSPS) is 19.6. The van der Waals surface area contributed by atoms with Crippen LogP contribution < -0.4 is 0 Å². The second-order valence-corrected chi connectivity index (χ2v) is 1.58. The lowest BCUT2D eigenvalue weighted by atomic mass is 10.1. The molecule has 0 aromatic heterocycles. The van der Waals surface area contributed by atoms with Gasteiger partial charge in [0.15, 0.2) is 0 Å². The molecule has 1 rings (SSSR count). The fourth-order valence-corrected chi connectivity index (χ4v) is 0.582. The molecule has 0 saturated heterocycles. The van der Waals surface area contributed by atoms with Crippen molar-refractivity contribution in [1.29, 1.82) is 0 Å². The van der Waals surface area contributed by atoms with Crippen LogP contribution in [0.15, 0.2) is 18.2 Å². The molecule has 0 spiro atoms. The minimum Gasteiger partial charge on any atom is -0.370 e. The van der Waals surface area contributed by atoms with Gasteiger partial charge in [-0.2, -0.15) is 0 Å². The van der Waals surface area contributed by atoms with Gasteiger partial charge in [-0.1, -0.05) is 12.2 Å². The average Bonchev–Trinajstić information content (AvgIpc) is 1.90. The maximum absolute atomic E-state index is 4.94. The van der Waals surface area contributed by atoms with Gasteiger partial charge in [0.25, 0.3) is 0 Å². The minimum absolute atomic E-state index is 0.812. The first-order valence-electron chi connectivity index (χ1n) is 2.56. The Morgan fingerprint density at radius 3 is 3.00 bits per heavy atom. The van der Waals surface area contributed by atoms with Crippen LogP contribution in [0.2, 0.25) is 0 Å². The van der Waals surface area contributed by atoms with E-state index in [2.05, 4.69) is 6.08 Å². The van der Waals surface area contributed by atoms with Gasteiger partial charge in [-0.25, -0.2) is 0 Å². The molecule has 0 saturated carbocycles. The maximum atomic E-state index is 4.94. The van der Waals surface area contributed by atoms with Crippen LogP contribution in [0.25, 0.3) is 0 Å². The Morgan fingerprint density at radius 2 is 2.62 bits per heavy atom. The number of hydrogen-bond acceptors (Lipinski definition) is 1. The second-order valence-electron chi connectivity index (χ2n) is 1.58. The van der Waals surface area contributed by atoms with Crippen LogP contribution in [-0.4, -0.2) is 7.11 Å². The van der Waals surface area contributed by atoms with Gasteiger partial charge in [-0.3, -0.25) is 0 Å². The summed E-state index contributed by atoms with van der Waals surface area (Å²) in [5.74, 6) is 0. The minimum atomic E-state index is 0.812. The van der Waals surface area contributed by atoms with E-state index in [1.165, 1.54) is 0 Å². The van der Waals surface area contributed by atoms with E-state index in [0.29, 0.717) is 0 Å². The summed E-state index contributed by atoms with van der Waals surface area (Å²) in [6.45, 7) is 0. The summed E-state index contributed by atoms with van der Waals surface area (Å²) in [5, 5.41) is 0. The van der Waals surface area contributed by atoms with E-state index < -0.39 is 0 Å². The van der Waals surface area contributed by atoms with Gasteiger partial charge in [0.1, 0.15) is 6.10 Å². The molecule has 1 aliphatic rings. The molecule has 0 aliphatic heterocycles. The molecule has 0 amide bonds. The molecule has 8 heavy (non-hydrogen) atoms. The van der Waals surface area contributed by atoms with Gasteiger partial charge in [-0.15, -0.1) is 0 Å². The van der Waals surface area contributed by atoms with Gasteiger partial charge in [0, 0.05) is 13.5 Å². The lowest BCUT2D eigenvalue weighted by Gasteiger charge is -2.06. The quantitative estimate of drug-likeness (QED) is 0.494. The fraction of sp³-hybridized carbons (Fsp3) is 0.286. The van der Waals surface area contributed by atoms with Crippen LogP contribution in [-0.2, 0) is 4.74 Å². The van der Waals surface area contributed by atoms with Crippen molar-refractivity contribution < 1.29 is 4.74 Å². The highest BCUT2D eigenvalue weighted by atomic mass is 16.5. The molecule has 0 unspecified atom stereocenters. The van der Waals surface area contributed by atoms with Gasteiger partial charge in [-0.05, 0) is 12.2 Å². The summed E-state index contributed by atoms with van der Waals surface area (Å²) in [7, 11) is 1.67. The van der Waals surface area contributed by atoms with Gasteiger partial charge < -0.3 is 4.74 Å². The monoisotopic (exact) mass is 108 g/mol. The summed E-state index contributed by atoms with van der Waals surface area (Å²) in [6.07, 6.45) is 10.6. The Hall–Kier alpha value is -0.560. The van der Waals surface area contributed by atoms with Crippen molar-refractivity contribution in [1.82, 2.24) is 0 Å². The van der Waals surface area contributed by atoms with Gasteiger partial charge >= 0.3 is 0 Å². The van der Waals surface area contributed by atoms with Gasteiger partial charge in [0.05, 0.1) is 0 Å². The smallest absolute Gasteiger partial charge is 0.123 e. The lowest BCUT2D eigenvalue weighted by Crippen LogP contribution is -1.96. The molecule has 1 nitrogen and oxygen atoms in total. The topological polar surface area (TPSA) is 9.23 Å². The Bertz CT molecular complexity index is 114. The number of ether oxygens (including phenoxy) is 1. The van der Waals surface area contributed by atoms with E-state index in [-0.39, 0.29) is 0 Å². The molecule has 1 aliphatic carbocycles. The summed E-state index contributed by atoms with van der Waals surface area (Å²) in [5.41, 5.74) is 0. The third kappa shape index (κ3) is 1.20. The predicted molar refractivity (Wildman–Crippen MR) is 31.8 cm³/mol. The van der Waals surface area contributed by atoms with E-state index in [0.717, 1.165) is 12.5 Å². The summed E-state index contributed by atoms with van der Waals surface area (Å²) < 4.78 is 4.94. The number of methoxy groups -OCH3 is 1. The molecule has 0 aromatic rings. The van der Waals surface area contributed by atoms with Gasteiger partial charge in [0.2, 0.25) is 0 Å². The summed E-state index contributed by atoms with van der Waals surface area (Å²) >= 11 is 0. The van der Waals surface area contributed by atoms with E-state index in [4.69, 9.17) is 4.74 Å². The average molecular weight is 108 g/mol. The first-order valence-corrected chi connectivity index (χ1v) is 2.56. The Morgan fingerprint density at radius 1 is 1.75 bits per heavy atom. The van der Waals surface area contributed by atoms with Crippen molar-refractivity contribution >= 4 is 0 Å². The lowest BCUT2D eigenvalue weighted by molar-refractivity contribution is 0.228. The molecule has 0 atom stereocenters. The first-order chi connectivity index (χ1) is 3.93. The highest BCUT2D eigenvalue weighted by Crippen LogP contribution is 2.12. The predicted octanol–water partition coefficient (Wildman–Crippen LogP) is 1.48. The zero-order valence-electron chi connectivity index (χ0n) is 4.85. The van der Waals surface area contributed by atoms with E-state index in [1.807, 2.05) is 18.2 Å². The van der Waals surface area contributed by atoms with Crippen LogP contribution in [0.1, 0.15) is 6.42 Å². The molecule has 2 radical (unpaired) electrons. The molecular formula is C7H8O. The van der Waals surface area contributed by atoms with Crippen LogP contribution >= 0.6 is 0 Å². The van der Waals surface area contributed by atoms with Crippen molar-refractivity contribution in [2.75, 3.05) is 7.11 Å². The van der Waals surface area contributed by atoms with E-state index in [1.54, 1.807) is 7.11 Å². The third-order valence-corrected chi connectivity index (χ3v) is 1.03. The first kappa shape index (κ1) is 5.57. The molecule has 0 aromatic carbocycles. The molecule has 0 fully saturated rings. The standard InChI is InChI=1S/C7H8O/c1-8-7-5-3-2-4-6-7/h2-3,5H,6H2,1H3. The van der Waals surface area contributed by atoms with Crippen LogP contribution in [0.5, 0.6) is 0 Å². The number of rotatable bonds is 1. The molecule has 42 valence electrons. The highest BCUT2D eigenvalue weighted by molar-refractivity contribution is 5.16. The van der Waals surface area contributed by atoms with Crippen molar-refractivity contribution in [3.8, 4) is 0 Å². The van der Waals surface area contributed by atoms with Crippen LogP contribution in [0, 0.1) is 12.2 Å². The number of hydrogen-bond donors (Lipinski definition) is 0. The molecule has 0 heterocycles. The zero-order valence-corrected chi connectivity index (χ0v) is 4.85. The molecule has 0 bridgehead atoms. The number of allylic oxidation sites excluding steroid dienone is 2. The van der Waals surface area contributed by atoms with Crippen molar-refractivity contribution in [2.45, 2.75) is 6.42 Å². The fourth-order valence-electron chi connectivity index (χ4n) is 0.582. The third-order valence-electron chi connectivity index (χ3n) is 1.03. The van der Waals surface area contributed by atoms with Crippen molar-refractivity contribution in [3.05, 3.63) is 30.4 Å². The van der Waals surface area contributed by atoms with E-state index >= 15 is 0 Å². The Balaban J connectivity index is 2.40. The summed E-state index contributed by atoms with van der Waals surface area (Å²) in [4.78, 5) is 0. The van der Waals surface area contributed by atoms with Crippen molar-refractivity contribution in [3.63, 3.8) is 0 Å². The van der Waals surface area contributed by atoms with E-state index in [9.17, 15) is 0 Å². The maximum Gasteiger partial charge on any atom is 0.123 e.